The van der Waals surface area contributed by atoms with Gasteiger partial charge in [0, 0.05) is 12.5 Å². The van der Waals surface area contributed by atoms with E-state index in [-0.39, 0.29) is 5.41 Å². The molecule has 0 saturated carbocycles. The molecule has 0 unspecified atom stereocenters. The Labute approximate surface area is 102 Å². The van der Waals surface area contributed by atoms with E-state index in [1.807, 2.05) is 13.8 Å². The third-order valence-electron chi connectivity index (χ3n) is 2.51. The number of hydrogen-bond acceptors (Lipinski definition) is 3. The second-order valence-electron chi connectivity index (χ2n) is 5.36. The zero-order valence-corrected chi connectivity index (χ0v) is 11.5. The Kier molecular flexibility index (Phi) is 3.60. The highest BCUT2D eigenvalue weighted by Gasteiger charge is 2.26. The Morgan fingerprint density at radius 3 is 2.12 bits per heavy atom. The first-order valence-corrected chi connectivity index (χ1v) is 5.65. The molecule has 4 heteroatoms. The molecule has 0 aliphatic heterocycles. The molecule has 1 aromatic heterocycles. The third-order valence-corrected chi connectivity index (χ3v) is 2.71. The molecule has 0 N–H and O–H groups in total. The van der Waals surface area contributed by atoms with Gasteiger partial charge in [-0.25, -0.2) is 9.97 Å². The van der Waals surface area contributed by atoms with Crippen LogP contribution in [0.5, 0.6) is 0 Å². The minimum atomic E-state index is -0.523. The maximum atomic E-state index is 6.01. The number of aromatic nitrogens is 2. The van der Waals surface area contributed by atoms with Crippen LogP contribution in [0.15, 0.2) is 6.07 Å². The minimum absolute atomic E-state index is 0.0504. The van der Waals surface area contributed by atoms with E-state index < -0.39 is 5.60 Å². The Hall–Kier alpha value is -0.670. The van der Waals surface area contributed by atoms with Crippen molar-refractivity contribution < 1.29 is 4.74 Å². The van der Waals surface area contributed by atoms with Crippen molar-refractivity contribution in [2.45, 2.75) is 45.6 Å². The molecule has 0 aliphatic rings. The summed E-state index contributed by atoms with van der Waals surface area (Å²) in [6.07, 6.45) is 0. The average molecular weight is 243 g/mol. The number of nitrogens with zero attached hydrogens (tertiary/aromatic N) is 2. The molecule has 90 valence electrons. The van der Waals surface area contributed by atoms with Crippen LogP contribution < -0.4 is 0 Å². The predicted molar refractivity (Wildman–Crippen MR) is 65.8 cm³/mol. The summed E-state index contributed by atoms with van der Waals surface area (Å²) in [7, 11) is 1.64. The van der Waals surface area contributed by atoms with Gasteiger partial charge in [0.2, 0.25) is 0 Å². The van der Waals surface area contributed by atoms with Crippen LogP contribution in [0.25, 0.3) is 0 Å². The normalized spacial score (nSPS) is 12.9. The Morgan fingerprint density at radius 2 is 1.69 bits per heavy atom. The van der Waals surface area contributed by atoms with E-state index in [1.165, 1.54) is 0 Å². The number of ether oxygens (including phenoxy) is 1. The SMILES string of the molecule is COC(C)(C)c1nc(Cl)cc(C(C)(C)C)n1. The van der Waals surface area contributed by atoms with Crippen molar-refractivity contribution in [2.24, 2.45) is 0 Å². The molecule has 0 aromatic carbocycles. The third kappa shape index (κ3) is 2.92. The molecular weight excluding hydrogens is 224 g/mol. The van der Waals surface area contributed by atoms with Gasteiger partial charge in [0.1, 0.15) is 10.8 Å². The second-order valence-corrected chi connectivity index (χ2v) is 5.75. The van der Waals surface area contributed by atoms with Gasteiger partial charge >= 0.3 is 0 Å². The fraction of sp³-hybridized carbons (Fsp3) is 0.667. The highest BCUT2D eigenvalue weighted by molar-refractivity contribution is 6.29. The first-order valence-electron chi connectivity index (χ1n) is 5.27. The van der Waals surface area contributed by atoms with E-state index in [4.69, 9.17) is 16.3 Å². The lowest BCUT2D eigenvalue weighted by atomic mass is 9.92. The maximum absolute atomic E-state index is 6.01. The summed E-state index contributed by atoms with van der Waals surface area (Å²) in [5.41, 5.74) is 0.350. The maximum Gasteiger partial charge on any atom is 0.161 e. The molecule has 1 heterocycles. The number of methoxy groups -OCH3 is 1. The van der Waals surface area contributed by atoms with Crippen LogP contribution in [0.4, 0.5) is 0 Å². The Balaban J connectivity index is 3.29. The van der Waals surface area contributed by atoms with Crippen molar-refractivity contribution in [2.75, 3.05) is 7.11 Å². The minimum Gasteiger partial charge on any atom is -0.371 e. The van der Waals surface area contributed by atoms with E-state index in [1.54, 1.807) is 13.2 Å². The summed E-state index contributed by atoms with van der Waals surface area (Å²) in [5, 5.41) is 0.458. The summed E-state index contributed by atoms with van der Waals surface area (Å²) in [6.45, 7) is 10.1. The van der Waals surface area contributed by atoms with Crippen LogP contribution in [-0.4, -0.2) is 17.1 Å². The van der Waals surface area contributed by atoms with Crippen molar-refractivity contribution in [3.63, 3.8) is 0 Å². The van der Waals surface area contributed by atoms with E-state index >= 15 is 0 Å². The van der Waals surface area contributed by atoms with Crippen LogP contribution in [0.2, 0.25) is 5.15 Å². The molecule has 0 fully saturated rings. The number of hydrogen-bond donors (Lipinski definition) is 0. The molecule has 0 radical (unpaired) electrons. The van der Waals surface area contributed by atoms with Gasteiger partial charge in [-0.3, -0.25) is 0 Å². The molecule has 0 aliphatic carbocycles. The molecule has 0 bridgehead atoms. The lowest BCUT2D eigenvalue weighted by Crippen LogP contribution is -2.25. The molecule has 1 aromatic rings. The van der Waals surface area contributed by atoms with Crippen molar-refractivity contribution in [3.05, 3.63) is 22.7 Å². The van der Waals surface area contributed by atoms with Gasteiger partial charge in [-0.1, -0.05) is 32.4 Å². The highest BCUT2D eigenvalue weighted by atomic mass is 35.5. The lowest BCUT2D eigenvalue weighted by Gasteiger charge is -2.24. The van der Waals surface area contributed by atoms with E-state index in [9.17, 15) is 0 Å². The second kappa shape index (κ2) is 4.30. The summed E-state index contributed by atoms with van der Waals surface area (Å²) in [4.78, 5) is 8.75. The number of rotatable bonds is 2. The largest absolute Gasteiger partial charge is 0.371 e. The fourth-order valence-electron chi connectivity index (χ4n) is 1.16. The quantitative estimate of drug-likeness (QED) is 0.747. The fourth-order valence-corrected chi connectivity index (χ4v) is 1.35. The van der Waals surface area contributed by atoms with Gasteiger partial charge < -0.3 is 4.74 Å². The Bertz CT molecular complexity index is 383. The van der Waals surface area contributed by atoms with Gasteiger partial charge in [0.05, 0.1) is 5.69 Å². The molecule has 0 spiro atoms. The first kappa shape index (κ1) is 13.4. The smallest absolute Gasteiger partial charge is 0.161 e. The van der Waals surface area contributed by atoms with Crippen LogP contribution >= 0.6 is 11.6 Å². The Morgan fingerprint density at radius 1 is 1.12 bits per heavy atom. The molecule has 1 rings (SSSR count). The molecule has 0 saturated heterocycles. The van der Waals surface area contributed by atoms with Crippen molar-refractivity contribution in [3.8, 4) is 0 Å². The van der Waals surface area contributed by atoms with Gasteiger partial charge in [0.25, 0.3) is 0 Å². The van der Waals surface area contributed by atoms with Gasteiger partial charge in [-0.2, -0.15) is 0 Å². The molecule has 0 amide bonds. The van der Waals surface area contributed by atoms with E-state index in [2.05, 4.69) is 30.7 Å². The average Bonchev–Trinajstić information content (AvgIpc) is 2.15. The monoisotopic (exact) mass is 242 g/mol. The summed E-state index contributed by atoms with van der Waals surface area (Å²) < 4.78 is 5.36. The molecular formula is C12H19ClN2O. The van der Waals surface area contributed by atoms with Gasteiger partial charge in [-0.15, -0.1) is 0 Å². The van der Waals surface area contributed by atoms with E-state index in [0.29, 0.717) is 11.0 Å². The number of halogens is 1. The van der Waals surface area contributed by atoms with Crippen molar-refractivity contribution in [1.82, 2.24) is 9.97 Å². The summed E-state index contributed by atoms with van der Waals surface area (Å²) in [6, 6.07) is 1.80. The van der Waals surface area contributed by atoms with Crippen LogP contribution in [0.3, 0.4) is 0 Å². The molecule has 16 heavy (non-hydrogen) atoms. The van der Waals surface area contributed by atoms with Gasteiger partial charge in [0.15, 0.2) is 5.82 Å². The van der Waals surface area contributed by atoms with Crippen LogP contribution in [-0.2, 0) is 15.8 Å². The standard InChI is InChI=1S/C12H19ClN2O/c1-11(2,3)8-7-9(13)15-10(14-8)12(4,5)16-6/h7H,1-6H3. The van der Waals surface area contributed by atoms with Crippen LogP contribution in [0.1, 0.15) is 46.1 Å². The van der Waals surface area contributed by atoms with Gasteiger partial charge in [-0.05, 0) is 19.9 Å². The summed E-state index contributed by atoms with van der Waals surface area (Å²) >= 11 is 6.01. The zero-order chi connectivity index (χ0) is 12.6. The summed E-state index contributed by atoms with van der Waals surface area (Å²) in [5.74, 6) is 0.618. The first-order chi connectivity index (χ1) is 7.16. The highest BCUT2D eigenvalue weighted by Crippen LogP contribution is 2.27. The molecule has 0 atom stereocenters. The topological polar surface area (TPSA) is 35.0 Å². The zero-order valence-electron chi connectivity index (χ0n) is 10.8. The van der Waals surface area contributed by atoms with E-state index in [0.717, 1.165) is 5.69 Å². The molecule has 3 nitrogen and oxygen atoms in total. The van der Waals surface area contributed by atoms with Crippen molar-refractivity contribution >= 4 is 11.6 Å². The van der Waals surface area contributed by atoms with Crippen LogP contribution in [0, 0.1) is 0 Å². The van der Waals surface area contributed by atoms with Crippen molar-refractivity contribution in [1.29, 1.82) is 0 Å². The predicted octanol–water partition coefficient (Wildman–Crippen LogP) is 3.31. The lowest BCUT2D eigenvalue weighted by molar-refractivity contribution is 0.0111.